The molecule has 1 aliphatic heterocycles. The number of nitrogens with one attached hydrogen (secondary N) is 2. The molecule has 26 heavy (non-hydrogen) atoms. The third kappa shape index (κ3) is 7.11. The molecule has 0 atom stereocenters. The van der Waals surface area contributed by atoms with E-state index in [1.165, 1.54) is 12.8 Å². The van der Waals surface area contributed by atoms with Crippen LogP contribution in [-0.2, 0) is 12.6 Å². The van der Waals surface area contributed by atoms with Crippen molar-refractivity contribution in [3.8, 4) is 0 Å². The van der Waals surface area contributed by atoms with Crippen molar-refractivity contribution >= 4 is 17.3 Å². The highest BCUT2D eigenvalue weighted by Crippen LogP contribution is 2.29. The Kier molecular flexibility index (Phi) is 8.15. The first kappa shape index (κ1) is 21.0. The van der Waals surface area contributed by atoms with E-state index in [0.717, 1.165) is 48.8 Å². The Labute approximate surface area is 157 Å². The van der Waals surface area contributed by atoms with Gasteiger partial charge in [0.05, 0.1) is 11.6 Å². The van der Waals surface area contributed by atoms with E-state index in [1.807, 2.05) is 6.92 Å². The van der Waals surface area contributed by atoms with E-state index < -0.39 is 11.9 Å². The average molecular weight is 392 g/mol. The molecule has 9 heteroatoms. The summed E-state index contributed by atoms with van der Waals surface area (Å²) in [5.74, 6) is 1.52. The first-order valence-corrected chi connectivity index (χ1v) is 10.0. The maximum atomic E-state index is 12.6. The molecule has 2 rings (SSSR count). The minimum Gasteiger partial charge on any atom is -0.357 e. The normalized spacial score (nSPS) is 17.5. The fraction of sp³-hybridized carbons (Fsp3) is 0.765. The summed E-state index contributed by atoms with van der Waals surface area (Å²) in [6.45, 7) is 9.42. The van der Waals surface area contributed by atoms with E-state index >= 15 is 0 Å². The maximum Gasteiger partial charge on any atom is 0.434 e. The summed E-state index contributed by atoms with van der Waals surface area (Å²) in [7, 11) is 0. The molecule has 1 fully saturated rings. The van der Waals surface area contributed by atoms with Gasteiger partial charge < -0.3 is 15.5 Å². The van der Waals surface area contributed by atoms with Gasteiger partial charge in [-0.2, -0.15) is 13.2 Å². The SMILES string of the molecule is CCNC(=NCCN1CCC(C)CC1)NCCc1nc(C(F)(F)F)cs1. The number of aromatic nitrogens is 1. The van der Waals surface area contributed by atoms with Gasteiger partial charge in [-0.15, -0.1) is 11.3 Å². The monoisotopic (exact) mass is 391 g/mol. The summed E-state index contributed by atoms with van der Waals surface area (Å²) in [5, 5.41) is 7.87. The van der Waals surface area contributed by atoms with Gasteiger partial charge in [-0.25, -0.2) is 4.98 Å². The summed E-state index contributed by atoms with van der Waals surface area (Å²) in [6.07, 6.45) is -1.44. The lowest BCUT2D eigenvalue weighted by molar-refractivity contribution is -0.140. The number of likely N-dealkylation sites (tertiary alicyclic amines) is 1. The zero-order valence-electron chi connectivity index (χ0n) is 15.4. The molecule has 2 heterocycles. The van der Waals surface area contributed by atoms with Crippen molar-refractivity contribution in [1.29, 1.82) is 0 Å². The largest absolute Gasteiger partial charge is 0.434 e. The van der Waals surface area contributed by atoms with Crippen molar-refractivity contribution in [2.24, 2.45) is 10.9 Å². The molecule has 1 aliphatic rings. The second-order valence-corrected chi connectivity index (χ2v) is 7.53. The third-order valence-electron chi connectivity index (χ3n) is 4.38. The summed E-state index contributed by atoms with van der Waals surface area (Å²) >= 11 is 1.04. The highest BCUT2D eigenvalue weighted by atomic mass is 32.1. The van der Waals surface area contributed by atoms with Crippen LogP contribution in [0.1, 0.15) is 37.4 Å². The molecule has 1 saturated heterocycles. The predicted octanol–water partition coefficient (Wildman–Crippen LogP) is 2.99. The topological polar surface area (TPSA) is 52.6 Å². The smallest absolute Gasteiger partial charge is 0.357 e. The van der Waals surface area contributed by atoms with Crippen LogP contribution in [0.15, 0.2) is 10.4 Å². The second-order valence-electron chi connectivity index (χ2n) is 6.59. The molecule has 0 amide bonds. The molecular weight excluding hydrogens is 363 g/mol. The lowest BCUT2D eigenvalue weighted by atomic mass is 9.99. The lowest BCUT2D eigenvalue weighted by Crippen LogP contribution is -2.39. The van der Waals surface area contributed by atoms with Gasteiger partial charge in [0.15, 0.2) is 11.7 Å². The number of hydrogen-bond donors (Lipinski definition) is 2. The number of aliphatic imine (C=N–C) groups is 1. The molecule has 1 aromatic rings. The Bertz CT molecular complexity index is 565. The molecular formula is C17H28F3N5S. The molecule has 5 nitrogen and oxygen atoms in total. The van der Waals surface area contributed by atoms with Gasteiger partial charge in [0.1, 0.15) is 0 Å². The molecule has 0 bridgehead atoms. The van der Waals surface area contributed by atoms with Crippen LogP contribution in [-0.4, -0.2) is 55.1 Å². The van der Waals surface area contributed by atoms with Crippen molar-refractivity contribution in [2.75, 3.05) is 39.3 Å². The fourth-order valence-electron chi connectivity index (χ4n) is 2.77. The molecule has 0 aliphatic carbocycles. The zero-order chi connectivity index (χ0) is 19.0. The fourth-order valence-corrected chi connectivity index (χ4v) is 3.58. The van der Waals surface area contributed by atoms with Gasteiger partial charge in [-0.05, 0) is 38.8 Å². The van der Waals surface area contributed by atoms with Gasteiger partial charge in [-0.1, -0.05) is 6.92 Å². The van der Waals surface area contributed by atoms with Gasteiger partial charge in [0.2, 0.25) is 0 Å². The number of piperidine rings is 1. The predicted molar refractivity (Wildman–Crippen MR) is 99.6 cm³/mol. The number of thiazole rings is 1. The van der Waals surface area contributed by atoms with Crippen LogP contribution in [0, 0.1) is 5.92 Å². The third-order valence-corrected chi connectivity index (χ3v) is 5.29. The number of hydrogen-bond acceptors (Lipinski definition) is 4. The maximum absolute atomic E-state index is 12.6. The highest BCUT2D eigenvalue weighted by Gasteiger charge is 2.33. The minimum atomic E-state index is -4.37. The standard InChI is InChI=1S/C17H28F3N5S/c1-3-21-16(23-8-11-25-9-5-13(2)6-10-25)22-7-4-15-24-14(12-26-15)17(18,19)20/h12-13H,3-11H2,1-2H3,(H2,21,22,23). The molecule has 0 spiro atoms. The second kappa shape index (κ2) is 10.1. The Hall–Kier alpha value is -1.35. The van der Waals surface area contributed by atoms with Crippen molar-refractivity contribution in [3.05, 3.63) is 16.1 Å². The molecule has 0 saturated carbocycles. The van der Waals surface area contributed by atoms with Crippen LogP contribution in [0.4, 0.5) is 13.2 Å². The van der Waals surface area contributed by atoms with Crippen LogP contribution in [0.2, 0.25) is 0 Å². The van der Waals surface area contributed by atoms with Gasteiger partial charge in [0.25, 0.3) is 0 Å². The minimum absolute atomic E-state index is 0.440. The van der Waals surface area contributed by atoms with E-state index in [0.29, 0.717) is 30.5 Å². The van der Waals surface area contributed by atoms with Crippen molar-refractivity contribution in [3.63, 3.8) is 0 Å². The summed E-state index contributed by atoms with van der Waals surface area (Å²) in [5.41, 5.74) is -0.811. The quantitative estimate of drug-likeness (QED) is 0.554. The molecule has 2 N–H and O–H groups in total. The Morgan fingerprint density at radius 3 is 2.69 bits per heavy atom. The number of guanidine groups is 1. The lowest BCUT2D eigenvalue weighted by Gasteiger charge is -2.29. The molecule has 0 aromatic carbocycles. The first-order valence-electron chi connectivity index (χ1n) is 9.14. The van der Waals surface area contributed by atoms with E-state index in [-0.39, 0.29) is 0 Å². The van der Waals surface area contributed by atoms with E-state index in [2.05, 4.69) is 32.4 Å². The van der Waals surface area contributed by atoms with Crippen molar-refractivity contribution < 1.29 is 13.2 Å². The van der Waals surface area contributed by atoms with Gasteiger partial charge in [0, 0.05) is 31.4 Å². The average Bonchev–Trinajstić information content (AvgIpc) is 3.06. The Morgan fingerprint density at radius 1 is 1.35 bits per heavy atom. The van der Waals surface area contributed by atoms with Crippen molar-refractivity contribution in [2.45, 2.75) is 39.3 Å². The summed E-state index contributed by atoms with van der Waals surface area (Å²) < 4.78 is 37.7. The summed E-state index contributed by atoms with van der Waals surface area (Å²) in [4.78, 5) is 10.6. The van der Waals surface area contributed by atoms with E-state index in [4.69, 9.17) is 0 Å². The highest BCUT2D eigenvalue weighted by molar-refractivity contribution is 7.09. The molecule has 0 unspecified atom stereocenters. The zero-order valence-corrected chi connectivity index (χ0v) is 16.2. The van der Waals surface area contributed by atoms with Crippen LogP contribution >= 0.6 is 11.3 Å². The summed E-state index contributed by atoms with van der Waals surface area (Å²) in [6, 6.07) is 0. The Morgan fingerprint density at radius 2 is 2.08 bits per heavy atom. The van der Waals surface area contributed by atoms with E-state index in [1.54, 1.807) is 0 Å². The first-order chi connectivity index (χ1) is 12.4. The Balaban J connectivity index is 1.73. The van der Waals surface area contributed by atoms with Crippen LogP contribution in [0.5, 0.6) is 0 Å². The molecule has 1 aromatic heterocycles. The van der Waals surface area contributed by atoms with Crippen LogP contribution < -0.4 is 10.6 Å². The number of nitrogens with zero attached hydrogens (tertiary/aromatic N) is 3. The van der Waals surface area contributed by atoms with E-state index in [9.17, 15) is 13.2 Å². The van der Waals surface area contributed by atoms with Gasteiger partial charge >= 0.3 is 6.18 Å². The van der Waals surface area contributed by atoms with Gasteiger partial charge in [-0.3, -0.25) is 4.99 Å². The van der Waals surface area contributed by atoms with Crippen LogP contribution in [0.25, 0.3) is 0 Å². The number of halogens is 3. The molecule has 148 valence electrons. The van der Waals surface area contributed by atoms with Crippen LogP contribution in [0.3, 0.4) is 0 Å². The number of alkyl halides is 3. The molecule has 0 radical (unpaired) electrons. The number of rotatable bonds is 7. The van der Waals surface area contributed by atoms with Crippen molar-refractivity contribution in [1.82, 2.24) is 20.5 Å².